The number of aliphatic hydroxyl groups is 1. The van der Waals surface area contributed by atoms with Gasteiger partial charge < -0.3 is 9.84 Å². The largest absolute Gasteiger partial charge is 0.468 e. The molecule has 0 spiro atoms. The third-order valence-corrected chi connectivity index (χ3v) is 2.42. The third-order valence-electron chi connectivity index (χ3n) is 2.42. The van der Waals surface area contributed by atoms with Crippen LogP contribution in [0.4, 0.5) is 4.39 Å². The van der Waals surface area contributed by atoms with Gasteiger partial charge in [0.05, 0.1) is 13.2 Å². The summed E-state index contributed by atoms with van der Waals surface area (Å²) < 4.78 is 17.3. The molecular formula is C13H15FO3. The molecule has 0 aliphatic carbocycles. The second-order valence-corrected chi connectivity index (χ2v) is 3.57. The molecule has 0 aliphatic rings. The Bertz CT molecular complexity index is 398. The fraction of sp³-hybridized carbons (Fsp3) is 0.308. The average molecular weight is 238 g/mol. The molecule has 0 radical (unpaired) electrons. The molecule has 17 heavy (non-hydrogen) atoms. The molecule has 1 N–H and O–H groups in total. The number of aliphatic hydroxyl groups excluding tert-OH is 1. The van der Waals surface area contributed by atoms with Crippen LogP contribution in [-0.2, 0) is 9.53 Å². The summed E-state index contributed by atoms with van der Waals surface area (Å²) in [5.41, 5.74) is 0.472. The Kier molecular flexibility index (Phi) is 4.84. The quantitative estimate of drug-likeness (QED) is 0.646. The van der Waals surface area contributed by atoms with Crippen LogP contribution >= 0.6 is 0 Å². The van der Waals surface area contributed by atoms with Crippen molar-refractivity contribution in [1.29, 1.82) is 0 Å². The highest BCUT2D eigenvalue weighted by molar-refractivity contribution is 5.75. The first kappa shape index (κ1) is 13.4. The van der Waals surface area contributed by atoms with Crippen LogP contribution in [0.25, 0.3) is 0 Å². The van der Waals surface area contributed by atoms with Crippen molar-refractivity contribution in [1.82, 2.24) is 0 Å². The molecule has 0 bridgehead atoms. The lowest BCUT2D eigenvalue weighted by molar-refractivity contribution is -0.147. The third kappa shape index (κ3) is 3.39. The first-order chi connectivity index (χ1) is 8.10. The molecule has 0 amide bonds. The standard InChI is InChI=1S/C13H15FO3/c1-3-4-11(13(16)17-2)12(15)9-5-7-10(14)8-6-9/h3-8,11-12,15H,1-2H3/b4-3+. The van der Waals surface area contributed by atoms with E-state index in [0.29, 0.717) is 5.56 Å². The van der Waals surface area contributed by atoms with E-state index in [0.717, 1.165) is 0 Å². The number of carbonyl (C=O) groups is 1. The van der Waals surface area contributed by atoms with Gasteiger partial charge in [-0.3, -0.25) is 4.79 Å². The van der Waals surface area contributed by atoms with Crippen molar-refractivity contribution in [3.05, 3.63) is 47.8 Å². The van der Waals surface area contributed by atoms with Crippen LogP contribution in [0.15, 0.2) is 36.4 Å². The Morgan fingerprint density at radius 1 is 1.41 bits per heavy atom. The Hall–Kier alpha value is -1.68. The fourth-order valence-corrected chi connectivity index (χ4v) is 1.52. The van der Waals surface area contributed by atoms with Crippen molar-refractivity contribution >= 4 is 5.97 Å². The van der Waals surface area contributed by atoms with Crippen molar-refractivity contribution in [3.63, 3.8) is 0 Å². The number of ether oxygens (including phenoxy) is 1. The van der Waals surface area contributed by atoms with E-state index in [-0.39, 0.29) is 5.82 Å². The molecule has 0 saturated heterocycles. The van der Waals surface area contributed by atoms with Gasteiger partial charge in [-0.1, -0.05) is 24.3 Å². The van der Waals surface area contributed by atoms with Crippen LogP contribution in [0.1, 0.15) is 18.6 Å². The summed E-state index contributed by atoms with van der Waals surface area (Å²) in [5.74, 6) is -1.70. The predicted octanol–water partition coefficient (Wildman–Crippen LogP) is 2.22. The second-order valence-electron chi connectivity index (χ2n) is 3.57. The van der Waals surface area contributed by atoms with Crippen molar-refractivity contribution in [2.75, 3.05) is 7.11 Å². The molecular weight excluding hydrogens is 223 g/mol. The highest BCUT2D eigenvalue weighted by Crippen LogP contribution is 2.24. The molecule has 0 saturated carbocycles. The minimum Gasteiger partial charge on any atom is -0.468 e. The number of benzene rings is 1. The Morgan fingerprint density at radius 2 is 2.00 bits per heavy atom. The minimum absolute atomic E-state index is 0.387. The predicted molar refractivity (Wildman–Crippen MR) is 61.7 cm³/mol. The number of rotatable bonds is 4. The van der Waals surface area contributed by atoms with E-state index in [1.54, 1.807) is 19.1 Å². The molecule has 0 fully saturated rings. The Balaban J connectivity index is 2.95. The molecule has 3 nitrogen and oxygen atoms in total. The number of allylic oxidation sites excluding steroid dienone is 1. The van der Waals surface area contributed by atoms with E-state index in [2.05, 4.69) is 4.74 Å². The summed E-state index contributed by atoms with van der Waals surface area (Å²) >= 11 is 0. The lowest BCUT2D eigenvalue weighted by atomic mass is 9.95. The van der Waals surface area contributed by atoms with Gasteiger partial charge in [-0.05, 0) is 24.6 Å². The Morgan fingerprint density at radius 3 is 2.47 bits per heavy atom. The fourth-order valence-electron chi connectivity index (χ4n) is 1.52. The van der Waals surface area contributed by atoms with Crippen LogP contribution in [0.3, 0.4) is 0 Å². The van der Waals surface area contributed by atoms with E-state index in [1.807, 2.05) is 0 Å². The number of esters is 1. The highest BCUT2D eigenvalue weighted by Gasteiger charge is 2.26. The SMILES string of the molecule is C/C=C/C(C(=O)OC)C(O)c1ccc(F)cc1. The zero-order chi connectivity index (χ0) is 12.8. The molecule has 2 atom stereocenters. The van der Waals surface area contributed by atoms with Crippen LogP contribution in [0.2, 0.25) is 0 Å². The van der Waals surface area contributed by atoms with Gasteiger partial charge in [0.15, 0.2) is 0 Å². The van der Waals surface area contributed by atoms with E-state index in [9.17, 15) is 14.3 Å². The van der Waals surface area contributed by atoms with E-state index in [1.165, 1.54) is 31.4 Å². The van der Waals surface area contributed by atoms with Gasteiger partial charge in [0.25, 0.3) is 0 Å². The molecule has 1 aromatic carbocycles. The minimum atomic E-state index is -1.04. The molecule has 1 rings (SSSR count). The first-order valence-electron chi connectivity index (χ1n) is 5.24. The maximum Gasteiger partial charge on any atom is 0.315 e. The number of hydrogen-bond donors (Lipinski definition) is 1. The summed E-state index contributed by atoms with van der Waals surface area (Å²) in [4.78, 5) is 11.5. The molecule has 1 aromatic rings. The maximum atomic E-state index is 12.7. The van der Waals surface area contributed by atoms with Crippen molar-refractivity contribution < 1.29 is 19.0 Å². The lowest BCUT2D eigenvalue weighted by Gasteiger charge is -2.17. The summed E-state index contributed by atoms with van der Waals surface area (Å²) in [7, 11) is 1.26. The second kappa shape index (κ2) is 6.15. The highest BCUT2D eigenvalue weighted by atomic mass is 19.1. The van der Waals surface area contributed by atoms with Crippen LogP contribution < -0.4 is 0 Å². The smallest absolute Gasteiger partial charge is 0.315 e. The number of halogens is 1. The number of carbonyl (C=O) groups excluding carboxylic acids is 1. The van der Waals surface area contributed by atoms with Gasteiger partial charge in [0.2, 0.25) is 0 Å². The van der Waals surface area contributed by atoms with Crippen LogP contribution in [0, 0.1) is 11.7 Å². The first-order valence-corrected chi connectivity index (χ1v) is 5.24. The normalized spacial score (nSPS) is 14.6. The average Bonchev–Trinajstić information content (AvgIpc) is 2.35. The molecule has 4 heteroatoms. The monoisotopic (exact) mass is 238 g/mol. The lowest BCUT2D eigenvalue weighted by Crippen LogP contribution is -2.21. The Labute approximate surface area is 99.5 Å². The van der Waals surface area contributed by atoms with Gasteiger partial charge in [-0.2, -0.15) is 0 Å². The molecule has 2 unspecified atom stereocenters. The van der Waals surface area contributed by atoms with E-state index < -0.39 is 18.0 Å². The van der Waals surface area contributed by atoms with Gasteiger partial charge in [0, 0.05) is 0 Å². The van der Waals surface area contributed by atoms with Crippen molar-refractivity contribution in [2.45, 2.75) is 13.0 Å². The van der Waals surface area contributed by atoms with E-state index in [4.69, 9.17) is 0 Å². The molecule has 92 valence electrons. The number of methoxy groups -OCH3 is 1. The van der Waals surface area contributed by atoms with Crippen molar-refractivity contribution in [3.8, 4) is 0 Å². The zero-order valence-corrected chi connectivity index (χ0v) is 9.76. The number of hydrogen-bond acceptors (Lipinski definition) is 3. The van der Waals surface area contributed by atoms with Crippen LogP contribution in [-0.4, -0.2) is 18.2 Å². The molecule has 0 aromatic heterocycles. The summed E-state index contributed by atoms with van der Waals surface area (Å²) in [5, 5.41) is 10.0. The van der Waals surface area contributed by atoms with Crippen LogP contribution in [0.5, 0.6) is 0 Å². The molecule has 0 heterocycles. The van der Waals surface area contributed by atoms with E-state index >= 15 is 0 Å². The van der Waals surface area contributed by atoms with Gasteiger partial charge in [0.1, 0.15) is 11.7 Å². The summed E-state index contributed by atoms with van der Waals surface area (Å²) in [6.45, 7) is 1.74. The molecule has 0 aliphatic heterocycles. The summed E-state index contributed by atoms with van der Waals surface area (Å²) in [6, 6.07) is 5.37. The van der Waals surface area contributed by atoms with Crippen molar-refractivity contribution in [2.24, 2.45) is 5.92 Å². The van der Waals surface area contributed by atoms with Gasteiger partial charge >= 0.3 is 5.97 Å². The van der Waals surface area contributed by atoms with Gasteiger partial charge in [-0.15, -0.1) is 0 Å². The zero-order valence-electron chi connectivity index (χ0n) is 9.76. The van der Waals surface area contributed by atoms with Gasteiger partial charge in [-0.25, -0.2) is 4.39 Å². The summed E-state index contributed by atoms with van der Waals surface area (Å²) in [6.07, 6.45) is 2.17. The topological polar surface area (TPSA) is 46.5 Å². The maximum absolute atomic E-state index is 12.7.